The summed E-state index contributed by atoms with van der Waals surface area (Å²) >= 11 is 0. The van der Waals surface area contributed by atoms with Gasteiger partial charge in [-0.1, -0.05) is 12.1 Å². The topological polar surface area (TPSA) is 79.8 Å². The molecule has 0 fully saturated rings. The van der Waals surface area contributed by atoms with E-state index in [0.29, 0.717) is 22.0 Å². The van der Waals surface area contributed by atoms with E-state index in [1.54, 1.807) is 24.3 Å². The van der Waals surface area contributed by atoms with Crippen LogP contribution >= 0.6 is 0 Å². The largest absolute Gasteiger partial charge is 0.366 e. The van der Waals surface area contributed by atoms with E-state index in [2.05, 4.69) is 4.98 Å². The van der Waals surface area contributed by atoms with Gasteiger partial charge in [-0.25, -0.2) is 4.98 Å². The first kappa shape index (κ1) is 9.16. The van der Waals surface area contributed by atoms with Crippen molar-refractivity contribution in [2.75, 3.05) is 0 Å². The Hall–Kier alpha value is -2.41. The molecule has 2 N–H and O–H groups in total. The number of pyridine rings is 1. The number of fused-ring (bicyclic) bond motifs is 1. The van der Waals surface area contributed by atoms with E-state index < -0.39 is 5.91 Å². The Morgan fingerprint density at radius 2 is 2.13 bits per heavy atom. The van der Waals surface area contributed by atoms with Crippen LogP contribution in [0.4, 0.5) is 0 Å². The third kappa shape index (κ3) is 1.40. The van der Waals surface area contributed by atoms with Crippen LogP contribution in [0.5, 0.6) is 0 Å². The van der Waals surface area contributed by atoms with Gasteiger partial charge in [0, 0.05) is 17.1 Å². The Labute approximate surface area is 86.0 Å². The van der Waals surface area contributed by atoms with Crippen molar-refractivity contribution in [3.63, 3.8) is 0 Å². The van der Waals surface area contributed by atoms with Gasteiger partial charge in [0.25, 0.3) is 0 Å². The number of benzene rings is 1. The highest BCUT2D eigenvalue weighted by atomic mass is 16.1. The number of nitrogens with zero attached hydrogens (tertiary/aromatic N) is 2. The molecule has 0 aliphatic rings. The molecule has 0 unspecified atom stereocenters. The van der Waals surface area contributed by atoms with Crippen LogP contribution in [-0.2, 0) is 0 Å². The predicted octanol–water partition coefficient (Wildman–Crippen LogP) is 1.21. The van der Waals surface area contributed by atoms with Crippen molar-refractivity contribution in [1.82, 2.24) is 4.98 Å². The van der Waals surface area contributed by atoms with Gasteiger partial charge in [-0.2, -0.15) is 5.26 Å². The smallest absolute Gasteiger partial charge is 0.249 e. The summed E-state index contributed by atoms with van der Waals surface area (Å²) in [5, 5.41) is 10.1. The molecule has 4 nitrogen and oxygen atoms in total. The van der Waals surface area contributed by atoms with Crippen molar-refractivity contribution in [3.05, 3.63) is 41.7 Å². The summed E-state index contributed by atoms with van der Waals surface area (Å²) in [5.74, 6) is -0.504. The number of aromatic nitrogens is 1. The molecule has 1 heterocycles. The van der Waals surface area contributed by atoms with Crippen molar-refractivity contribution in [2.24, 2.45) is 5.73 Å². The van der Waals surface area contributed by atoms with Crippen LogP contribution in [0.2, 0.25) is 0 Å². The third-order valence-corrected chi connectivity index (χ3v) is 2.18. The molecule has 1 aromatic carbocycles. The number of carbonyl (C=O) groups excluding carboxylic acids is 1. The maximum atomic E-state index is 11.1. The van der Waals surface area contributed by atoms with Crippen LogP contribution in [0, 0.1) is 11.3 Å². The lowest BCUT2D eigenvalue weighted by Gasteiger charge is -2.02. The molecule has 15 heavy (non-hydrogen) atoms. The van der Waals surface area contributed by atoms with Crippen LogP contribution in [0.15, 0.2) is 30.5 Å². The molecule has 0 aliphatic heterocycles. The molecule has 2 aromatic rings. The van der Waals surface area contributed by atoms with E-state index in [9.17, 15) is 4.79 Å². The minimum Gasteiger partial charge on any atom is -0.366 e. The number of carbonyl (C=O) groups is 1. The molecule has 0 saturated carbocycles. The molecule has 0 atom stereocenters. The van der Waals surface area contributed by atoms with Gasteiger partial charge in [-0.15, -0.1) is 0 Å². The lowest BCUT2D eigenvalue weighted by atomic mass is 10.0. The first-order valence-electron chi connectivity index (χ1n) is 4.31. The van der Waals surface area contributed by atoms with Crippen LogP contribution in [-0.4, -0.2) is 10.9 Å². The second-order valence-corrected chi connectivity index (χ2v) is 3.04. The Morgan fingerprint density at radius 3 is 2.80 bits per heavy atom. The highest BCUT2D eigenvalue weighted by Gasteiger charge is 2.08. The summed E-state index contributed by atoms with van der Waals surface area (Å²) in [7, 11) is 0. The maximum Gasteiger partial charge on any atom is 0.249 e. The first-order chi connectivity index (χ1) is 7.24. The number of primary amides is 1. The number of rotatable bonds is 1. The first-order valence-corrected chi connectivity index (χ1v) is 4.31. The summed E-state index contributed by atoms with van der Waals surface area (Å²) in [6.45, 7) is 0. The van der Waals surface area contributed by atoms with Crippen LogP contribution in [0.3, 0.4) is 0 Å². The lowest BCUT2D eigenvalue weighted by molar-refractivity contribution is 0.100. The maximum absolute atomic E-state index is 11.1. The fourth-order valence-corrected chi connectivity index (χ4v) is 1.51. The monoisotopic (exact) mass is 197 g/mol. The second kappa shape index (κ2) is 3.39. The van der Waals surface area contributed by atoms with E-state index >= 15 is 0 Å². The fourth-order valence-electron chi connectivity index (χ4n) is 1.51. The van der Waals surface area contributed by atoms with E-state index in [0.717, 1.165) is 0 Å². The average molecular weight is 197 g/mol. The Morgan fingerprint density at radius 1 is 1.33 bits per heavy atom. The summed E-state index contributed by atoms with van der Waals surface area (Å²) in [6, 6.07) is 8.71. The van der Waals surface area contributed by atoms with Crippen molar-refractivity contribution in [1.29, 1.82) is 5.26 Å². The standard InChI is InChI=1S/C11H7N3O/c12-6-10-8-2-1-3-9(11(13)15)7(8)4-5-14-10/h1-5H,(H2,13,15). The van der Waals surface area contributed by atoms with Gasteiger partial charge in [0.2, 0.25) is 5.91 Å². The molecule has 0 bridgehead atoms. The number of hydrogen-bond donors (Lipinski definition) is 1. The summed E-state index contributed by atoms with van der Waals surface area (Å²) in [5.41, 5.74) is 5.94. The predicted molar refractivity (Wildman–Crippen MR) is 55.0 cm³/mol. The minimum atomic E-state index is -0.504. The molecule has 0 aliphatic carbocycles. The van der Waals surface area contributed by atoms with E-state index in [4.69, 9.17) is 11.0 Å². The average Bonchev–Trinajstić information content (AvgIpc) is 2.27. The molecular weight excluding hydrogens is 190 g/mol. The zero-order valence-corrected chi connectivity index (χ0v) is 7.77. The van der Waals surface area contributed by atoms with Gasteiger partial charge in [0.1, 0.15) is 11.8 Å². The second-order valence-electron chi connectivity index (χ2n) is 3.04. The van der Waals surface area contributed by atoms with Crippen molar-refractivity contribution >= 4 is 16.7 Å². The minimum absolute atomic E-state index is 0.301. The molecule has 4 heteroatoms. The third-order valence-electron chi connectivity index (χ3n) is 2.18. The van der Waals surface area contributed by atoms with Gasteiger partial charge < -0.3 is 5.73 Å². The molecule has 2 rings (SSSR count). The molecule has 0 radical (unpaired) electrons. The van der Waals surface area contributed by atoms with Crippen LogP contribution in [0.25, 0.3) is 10.8 Å². The molecule has 0 saturated heterocycles. The summed E-state index contributed by atoms with van der Waals surface area (Å²) in [6.07, 6.45) is 1.49. The summed E-state index contributed by atoms with van der Waals surface area (Å²) in [4.78, 5) is 15.0. The number of amides is 1. The summed E-state index contributed by atoms with van der Waals surface area (Å²) < 4.78 is 0. The SMILES string of the molecule is N#Cc1nccc2c(C(N)=O)cccc12. The van der Waals surface area contributed by atoms with Gasteiger partial charge in [-0.3, -0.25) is 4.79 Å². The van der Waals surface area contributed by atoms with Crippen LogP contribution in [0.1, 0.15) is 16.1 Å². The zero-order chi connectivity index (χ0) is 10.8. The number of nitriles is 1. The molecule has 1 aromatic heterocycles. The van der Waals surface area contributed by atoms with Crippen molar-refractivity contribution in [2.45, 2.75) is 0 Å². The van der Waals surface area contributed by atoms with Crippen molar-refractivity contribution < 1.29 is 4.79 Å². The quantitative estimate of drug-likeness (QED) is 0.746. The number of nitrogens with two attached hydrogens (primary N) is 1. The number of hydrogen-bond acceptors (Lipinski definition) is 3. The van der Waals surface area contributed by atoms with Crippen molar-refractivity contribution in [3.8, 4) is 6.07 Å². The molecule has 0 spiro atoms. The van der Waals surface area contributed by atoms with Gasteiger partial charge in [0.15, 0.2) is 0 Å². The van der Waals surface area contributed by atoms with Gasteiger partial charge >= 0.3 is 0 Å². The van der Waals surface area contributed by atoms with E-state index in [1.807, 2.05) is 6.07 Å². The van der Waals surface area contributed by atoms with Gasteiger partial charge in [0.05, 0.1) is 0 Å². The van der Waals surface area contributed by atoms with E-state index in [-0.39, 0.29) is 0 Å². The Balaban J connectivity index is 2.90. The Kier molecular flexibility index (Phi) is 2.07. The fraction of sp³-hybridized carbons (Fsp3) is 0. The normalized spacial score (nSPS) is 9.80. The molecular formula is C11H7N3O. The van der Waals surface area contributed by atoms with Gasteiger partial charge in [-0.05, 0) is 17.5 Å². The van der Waals surface area contributed by atoms with E-state index in [1.165, 1.54) is 6.20 Å². The highest BCUT2D eigenvalue weighted by Crippen LogP contribution is 2.19. The Bertz CT molecular complexity index is 584. The highest BCUT2D eigenvalue weighted by molar-refractivity contribution is 6.07. The molecule has 72 valence electrons. The zero-order valence-electron chi connectivity index (χ0n) is 7.77. The lowest BCUT2D eigenvalue weighted by Crippen LogP contribution is -2.11. The molecule has 1 amide bonds. The van der Waals surface area contributed by atoms with Crippen LogP contribution < -0.4 is 5.73 Å².